The SMILES string of the molecule is Cc1ccccc1/C=C1\Oc2cc(C)c(Cl)c(C)c2C1=O. The van der Waals surface area contributed by atoms with Crippen LogP contribution >= 0.6 is 11.6 Å². The number of halogens is 1. The van der Waals surface area contributed by atoms with Gasteiger partial charge in [0.2, 0.25) is 5.78 Å². The molecule has 1 heterocycles. The maximum atomic E-state index is 12.5. The van der Waals surface area contributed by atoms with Gasteiger partial charge in [-0.1, -0.05) is 35.9 Å². The van der Waals surface area contributed by atoms with Crippen LogP contribution in [0.25, 0.3) is 6.08 Å². The van der Waals surface area contributed by atoms with Crippen molar-refractivity contribution in [3.8, 4) is 5.75 Å². The molecule has 3 heteroatoms. The van der Waals surface area contributed by atoms with Crippen LogP contribution in [-0.2, 0) is 0 Å². The molecule has 0 spiro atoms. The lowest BCUT2D eigenvalue weighted by atomic mass is 10.0. The van der Waals surface area contributed by atoms with Gasteiger partial charge in [0.05, 0.1) is 5.56 Å². The average Bonchev–Trinajstić information content (AvgIpc) is 2.75. The fraction of sp³-hybridized carbons (Fsp3) is 0.167. The second-order valence-corrected chi connectivity index (χ2v) is 5.68. The van der Waals surface area contributed by atoms with E-state index >= 15 is 0 Å². The smallest absolute Gasteiger partial charge is 0.232 e. The van der Waals surface area contributed by atoms with Crippen molar-refractivity contribution in [3.05, 3.63) is 68.9 Å². The first kappa shape index (κ1) is 13.9. The Balaban J connectivity index is 2.10. The highest BCUT2D eigenvalue weighted by Gasteiger charge is 2.30. The summed E-state index contributed by atoms with van der Waals surface area (Å²) >= 11 is 6.23. The van der Waals surface area contributed by atoms with Crippen LogP contribution in [0.4, 0.5) is 0 Å². The predicted octanol–water partition coefficient (Wildman–Crippen LogP) is 4.88. The van der Waals surface area contributed by atoms with Crippen molar-refractivity contribution in [3.63, 3.8) is 0 Å². The minimum atomic E-state index is -0.104. The van der Waals surface area contributed by atoms with Crippen molar-refractivity contribution in [2.24, 2.45) is 0 Å². The summed E-state index contributed by atoms with van der Waals surface area (Å²) in [6.07, 6.45) is 1.79. The molecule has 0 unspecified atom stereocenters. The maximum absolute atomic E-state index is 12.5. The van der Waals surface area contributed by atoms with Crippen LogP contribution in [0.15, 0.2) is 36.1 Å². The Morgan fingerprint density at radius 3 is 2.52 bits per heavy atom. The third kappa shape index (κ3) is 2.26. The molecule has 1 aliphatic rings. The van der Waals surface area contributed by atoms with Crippen LogP contribution in [0, 0.1) is 20.8 Å². The number of ether oxygens (including phenoxy) is 1. The third-order valence-corrected chi connectivity index (χ3v) is 4.37. The van der Waals surface area contributed by atoms with Crippen molar-refractivity contribution in [1.29, 1.82) is 0 Å². The van der Waals surface area contributed by atoms with Crippen LogP contribution in [0.1, 0.15) is 32.6 Å². The lowest BCUT2D eigenvalue weighted by molar-refractivity contribution is 0.101. The molecule has 2 aromatic rings. The monoisotopic (exact) mass is 298 g/mol. The summed E-state index contributed by atoms with van der Waals surface area (Å²) in [5.74, 6) is 0.843. The van der Waals surface area contributed by atoms with Crippen molar-refractivity contribution in [2.45, 2.75) is 20.8 Å². The highest BCUT2D eigenvalue weighted by atomic mass is 35.5. The number of allylic oxidation sites excluding steroid dienone is 1. The molecule has 2 nitrogen and oxygen atoms in total. The summed E-state index contributed by atoms with van der Waals surface area (Å²) in [5, 5.41) is 0.628. The van der Waals surface area contributed by atoms with E-state index in [4.69, 9.17) is 16.3 Å². The summed E-state index contributed by atoms with van der Waals surface area (Å²) in [6, 6.07) is 9.70. The lowest BCUT2D eigenvalue weighted by Gasteiger charge is -2.05. The molecule has 0 radical (unpaired) electrons. The molecule has 0 saturated heterocycles. The Kier molecular flexibility index (Phi) is 3.34. The summed E-state index contributed by atoms with van der Waals surface area (Å²) in [4.78, 5) is 12.5. The van der Waals surface area contributed by atoms with Gasteiger partial charge >= 0.3 is 0 Å². The first-order valence-corrected chi connectivity index (χ1v) is 7.16. The van der Waals surface area contributed by atoms with Crippen LogP contribution in [0.2, 0.25) is 5.02 Å². The lowest BCUT2D eigenvalue weighted by Crippen LogP contribution is -2.00. The zero-order chi connectivity index (χ0) is 15.1. The Hall–Kier alpha value is -2.06. The quantitative estimate of drug-likeness (QED) is 0.701. The van der Waals surface area contributed by atoms with Crippen molar-refractivity contribution in [2.75, 3.05) is 0 Å². The van der Waals surface area contributed by atoms with Gasteiger partial charge in [0, 0.05) is 5.02 Å². The molecule has 0 bridgehead atoms. The Morgan fingerprint density at radius 2 is 1.81 bits per heavy atom. The summed E-state index contributed by atoms with van der Waals surface area (Å²) < 4.78 is 5.75. The number of hydrogen-bond donors (Lipinski definition) is 0. The number of Topliss-reactive ketones (excluding diaryl/α,β-unsaturated/α-hetero) is 1. The zero-order valence-electron chi connectivity index (χ0n) is 12.2. The van der Waals surface area contributed by atoms with Gasteiger partial charge < -0.3 is 4.74 Å². The third-order valence-electron chi connectivity index (χ3n) is 3.79. The maximum Gasteiger partial charge on any atom is 0.232 e. The zero-order valence-corrected chi connectivity index (χ0v) is 12.9. The Bertz CT molecular complexity index is 788. The number of aryl methyl sites for hydroxylation is 2. The molecule has 0 fully saturated rings. The highest BCUT2D eigenvalue weighted by molar-refractivity contribution is 6.33. The van der Waals surface area contributed by atoms with Gasteiger partial charge in [-0.3, -0.25) is 4.79 Å². The number of ketones is 1. The van der Waals surface area contributed by atoms with Gasteiger partial charge in [0.15, 0.2) is 5.76 Å². The minimum absolute atomic E-state index is 0.104. The van der Waals surface area contributed by atoms with E-state index in [1.807, 2.05) is 51.1 Å². The molecule has 3 rings (SSSR count). The molecule has 0 saturated carbocycles. The van der Waals surface area contributed by atoms with E-state index < -0.39 is 0 Å². The van der Waals surface area contributed by atoms with Gasteiger partial charge in [0.25, 0.3) is 0 Å². The van der Waals surface area contributed by atoms with Gasteiger partial charge in [-0.15, -0.1) is 0 Å². The second-order valence-electron chi connectivity index (χ2n) is 5.30. The number of fused-ring (bicyclic) bond motifs is 1. The first-order valence-electron chi connectivity index (χ1n) is 6.78. The fourth-order valence-corrected chi connectivity index (χ4v) is 2.71. The first-order chi connectivity index (χ1) is 9.99. The van der Waals surface area contributed by atoms with Crippen molar-refractivity contribution in [1.82, 2.24) is 0 Å². The molecule has 21 heavy (non-hydrogen) atoms. The molecule has 0 aliphatic carbocycles. The Morgan fingerprint density at radius 1 is 1.10 bits per heavy atom. The molecule has 0 atom stereocenters. The number of carbonyl (C=O) groups is 1. The largest absolute Gasteiger partial charge is 0.452 e. The molecule has 106 valence electrons. The van der Waals surface area contributed by atoms with E-state index in [1.165, 1.54) is 0 Å². The summed E-state index contributed by atoms with van der Waals surface area (Å²) in [5.41, 5.74) is 4.35. The van der Waals surface area contributed by atoms with Gasteiger partial charge in [0.1, 0.15) is 5.75 Å². The summed E-state index contributed by atoms with van der Waals surface area (Å²) in [6.45, 7) is 5.77. The van der Waals surface area contributed by atoms with Crippen LogP contribution in [0.3, 0.4) is 0 Å². The summed E-state index contributed by atoms with van der Waals surface area (Å²) in [7, 11) is 0. The van der Waals surface area contributed by atoms with Gasteiger partial charge in [-0.2, -0.15) is 0 Å². The van der Waals surface area contributed by atoms with Gasteiger partial charge in [-0.05, 0) is 55.2 Å². The normalized spacial score (nSPS) is 15.2. The second kappa shape index (κ2) is 5.05. The van der Waals surface area contributed by atoms with E-state index in [-0.39, 0.29) is 5.78 Å². The minimum Gasteiger partial charge on any atom is -0.452 e. The molecular weight excluding hydrogens is 284 g/mol. The highest BCUT2D eigenvalue weighted by Crippen LogP contribution is 2.39. The van der Waals surface area contributed by atoms with E-state index in [0.717, 1.165) is 22.3 Å². The van der Waals surface area contributed by atoms with Crippen LogP contribution in [-0.4, -0.2) is 5.78 Å². The predicted molar refractivity (Wildman–Crippen MR) is 85.0 cm³/mol. The van der Waals surface area contributed by atoms with E-state index in [1.54, 1.807) is 6.08 Å². The van der Waals surface area contributed by atoms with Crippen molar-refractivity contribution >= 4 is 23.5 Å². The average molecular weight is 299 g/mol. The number of benzene rings is 2. The molecule has 1 aliphatic heterocycles. The van der Waals surface area contributed by atoms with Crippen molar-refractivity contribution < 1.29 is 9.53 Å². The topological polar surface area (TPSA) is 26.3 Å². The number of carbonyl (C=O) groups excluding carboxylic acids is 1. The van der Waals surface area contributed by atoms with Gasteiger partial charge in [-0.25, -0.2) is 0 Å². The molecule has 0 amide bonds. The molecule has 2 aromatic carbocycles. The fourth-order valence-electron chi connectivity index (χ4n) is 2.56. The molecule has 0 N–H and O–H groups in total. The van der Waals surface area contributed by atoms with Crippen LogP contribution < -0.4 is 4.74 Å². The van der Waals surface area contributed by atoms with Crippen LogP contribution in [0.5, 0.6) is 5.75 Å². The standard InChI is InChI=1S/C18H15ClO2/c1-10-6-4-5-7-13(10)9-15-18(20)16-12(3)17(19)11(2)8-14(16)21-15/h4-9H,1-3H3/b15-9-. The number of rotatable bonds is 1. The van der Waals surface area contributed by atoms with E-state index in [0.29, 0.717) is 22.1 Å². The van der Waals surface area contributed by atoms with E-state index in [2.05, 4.69) is 0 Å². The molecular formula is C18H15ClO2. The Labute approximate surface area is 129 Å². The molecule has 0 aromatic heterocycles. The van der Waals surface area contributed by atoms with E-state index in [9.17, 15) is 4.79 Å². The number of hydrogen-bond acceptors (Lipinski definition) is 2.